The average molecular weight is 325 g/mol. The fourth-order valence-electron chi connectivity index (χ4n) is 2.06. The van der Waals surface area contributed by atoms with Gasteiger partial charge in [0.1, 0.15) is 9.63 Å². The first kappa shape index (κ1) is 12.2. The van der Waals surface area contributed by atoms with Crippen LogP contribution in [0.4, 0.5) is 0 Å². The van der Waals surface area contributed by atoms with Gasteiger partial charge < -0.3 is 5.32 Å². The average Bonchev–Trinajstić information content (AvgIpc) is 2.81. The second kappa shape index (κ2) is 5.03. The second-order valence-corrected chi connectivity index (χ2v) is 5.71. The van der Waals surface area contributed by atoms with Crippen molar-refractivity contribution in [3.8, 4) is 0 Å². The number of nitrogens with one attached hydrogen (secondary N) is 1. The van der Waals surface area contributed by atoms with Crippen LogP contribution in [0.3, 0.4) is 0 Å². The van der Waals surface area contributed by atoms with Gasteiger partial charge in [-0.05, 0) is 40.7 Å². The molecule has 18 heavy (non-hydrogen) atoms. The van der Waals surface area contributed by atoms with Crippen molar-refractivity contribution in [1.82, 2.24) is 19.7 Å². The first-order valence-electron chi connectivity index (χ1n) is 5.77. The molecule has 0 fully saturated rings. The van der Waals surface area contributed by atoms with Crippen molar-refractivity contribution >= 4 is 38.9 Å². The molecule has 1 aliphatic rings. The zero-order valence-corrected chi connectivity index (χ0v) is 12.4. The van der Waals surface area contributed by atoms with Crippen molar-refractivity contribution in [2.75, 3.05) is 19.3 Å². The Labute approximate surface area is 118 Å². The van der Waals surface area contributed by atoms with Crippen molar-refractivity contribution in [1.29, 1.82) is 0 Å². The van der Waals surface area contributed by atoms with Gasteiger partial charge in [0.15, 0.2) is 5.65 Å². The lowest BCUT2D eigenvalue weighted by atomic mass is 10.1. The summed E-state index contributed by atoms with van der Waals surface area (Å²) in [5, 5.41) is 4.34. The number of nitrogens with zero attached hydrogens (tertiary/aromatic N) is 3. The van der Waals surface area contributed by atoms with Gasteiger partial charge in [0.05, 0.1) is 11.9 Å². The van der Waals surface area contributed by atoms with E-state index in [0.717, 1.165) is 40.5 Å². The zero-order chi connectivity index (χ0) is 12.5. The summed E-state index contributed by atoms with van der Waals surface area (Å²) in [7, 11) is 0. The summed E-state index contributed by atoms with van der Waals surface area (Å²) < 4.78 is 3.00. The molecule has 0 bridgehead atoms. The van der Waals surface area contributed by atoms with Crippen molar-refractivity contribution in [3.05, 3.63) is 28.8 Å². The molecule has 0 radical (unpaired) electrons. The van der Waals surface area contributed by atoms with Gasteiger partial charge in [-0.25, -0.2) is 9.97 Å². The summed E-state index contributed by atoms with van der Waals surface area (Å²) in [5.74, 6) is 0. The fourth-order valence-corrected chi connectivity index (χ4v) is 2.96. The summed E-state index contributed by atoms with van der Waals surface area (Å²) in [6.07, 6.45) is 9.22. The molecule has 4 nitrogen and oxygen atoms in total. The van der Waals surface area contributed by atoms with E-state index >= 15 is 0 Å². The Bertz CT molecular complexity index is 620. The number of thioether (sulfide) groups is 1. The third-order valence-electron chi connectivity index (χ3n) is 2.97. The van der Waals surface area contributed by atoms with Gasteiger partial charge in [0.25, 0.3) is 0 Å². The first-order valence-corrected chi connectivity index (χ1v) is 7.79. The number of halogens is 1. The van der Waals surface area contributed by atoms with E-state index < -0.39 is 0 Å². The monoisotopic (exact) mass is 324 g/mol. The molecule has 0 spiro atoms. The van der Waals surface area contributed by atoms with Crippen LogP contribution >= 0.6 is 27.7 Å². The number of aromatic nitrogens is 3. The summed E-state index contributed by atoms with van der Waals surface area (Å²) in [6, 6.07) is 0. The predicted molar refractivity (Wildman–Crippen MR) is 77.9 cm³/mol. The normalized spacial score (nSPS) is 16.0. The first-order chi connectivity index (χ1) is 8.79. The van der Waals surface area contributed by atoms with E-state index in [2.05, 4.69) is 32.3 Å². The Hall–Kier alpha value is -0.850. The van der Waals surface area contributed by atoms with E-state index in [0.29, 0.717) is 0 Å². The van der Waals surface area contributed by atoms with E-state index in [4.69, 9.17) is 4.98 Å². The van der Waals surface area contributed by atoms with Gasteiger partial charge >= 0.3 is 0 Å². The highest BCUT2D eigenvalue weighted by Crippen LogP contribution is 2.25. The van der Waals surface area contributed by atoms with Crippen molar-refractivity contribution in [3.63, 3.8) is 0 Å². The van der Waals surface area contributed by atoms with E-state index in [1.165, 1.54) is 5.57 Å². The minimum absolute atomic E-state index is 0.888. The quantitative estimate of drug-likeness (QED) is 0.862. The fraction of sp³-hybridized carbons (Fsp3) is 0.333. The van der Waals surface area contributed by atoms with Gasteiger partial charge in [0, 0.05) is 12.7 Å². The molecule has 1 aliphatic heterocycles. The van der Waals surface area contributed by atoms with Gasteiger partial charge in [-0.15, -0.1) is 11.8 Å². The summed E-state index contributed by atoms with van der Waals surface area (Å²) >= 11 is 5.14. The molecule has 0 aliphatic carbocycles. The maximum Gasteiger partial charge on any atom is 0.170 e. The van der Waals surface area contributed by atoms with E-state index in [1.54, 1.807) is 11.8 Å². The highest BCUT2D eigenvalue weighted by atomic mass is 79.9. The summed E-state index contributed by atoms with van der Waals surface area (Å²) in [6.45, 7) is 1.94. The predicted octanol–water partition coefficient (Wildman–Crippen LogP) is 2.59. The highest BCUT2D eigenvalue weighted by molar-refractivity contribution is 9.10. The lowest BCUT2D eigenvalue weighted by Crippen LogP contribution is -2.22. The number of hydrogen-bond donors (Lipinski definition) is 1. The van der Waals surface area contributed by atoms with Gasteiger partial charge in [-0.3, -0.25) is 4.40 Å². The third-order valence-corrected chi connectivity index (χ3v) is 4.21. The van der Waals surface area contributed by atoms with Crippen molar-refractivity contribution in [2.24, 2.45) is 0 Å². The second-order valence-electron chi connectivity index (χ2n) is 4.10. The SMILES string of the molecule is CSc1nc(C2=CCCNC2)cn2c(Br)cnc12. The topological polar surface area (TPSA) is 42.2 Å². The molecule has 0 amide bonds. The molecule has 1 N–H and O–H groups in total. The molecule has 0 saturated heterocycles. The molecule has 0 aromatic carbocycles. The van der Waals surface area contributed by atoms with E-state index in [-0.39, 0.29) is 0 Å². The third kappa shape index (κ3) is 2.08. The molecule has 94 valence electrons. The molecule has 0 atom stereocenters. The molecule has 0 unspecified atom stereocenters. The van der Waals surface area contributed by atoms with Gasteiger partial charge in [0.2, 0.25) is 0 Å². The van der Waals surface area contributed by atoms with E-state index in [9.17, 15) is 0 Å². The van der Waals surface area contributed by atoms with Crippen LogP contribution in [0.2, 0.25) is 0 Å². The smallest absolute Gasteiger partial charge is 0.170 e. The van der Waals surface area contributed by atoms with Gasteiger partial charge in [-0.1, -0.05) is 6.08 Å². The Morgan fingerprint density at radius 3 is 3.11 bits per heavy atom. The van der Waals surface area contributed by atoms with Crippen LogP contribution in [0.1, 0.15) is 12.1 Å². The zero-order valence-electron chi connectivity index (χ0n) is 9.98. The van der Waals surface area contributed by atoms with Crippen LogP contribution in [0.25, 0.3) is 11.2 Å². The number of hydrogen-bond acceptors (Lipinski definition) is 4. The molecule has 3 rings (SSSR count). The lowest BCUT2D eigenvalue weighted by Gasteiger charge is -2.14. The van der Waals surface area contributed by atoms with Crippen molar-refractivity contribution in [2.45, 2.75) is 11.4 Å². The molecule has 2 aromatic heterocycles. The summed E-state index contributed by atoms with van der Waals surface area (Å²) in [4.78, 5) is 9.08. The Morgan fingerprint density at radius 2 is 2.39 bits per heavy atom. The maximum atomic E-state index is 4.71. The van der Waals surface area contributed by atoms with E-state index in [1.807, 2.05) is 23.1 Å². The molecule has 3 heterocycles. The molecular formula is C12H13BrN4S. The van der Waals surface area contributed by atoms with Crippen LogP contribution in [-0.4, -0.2) is 33.7 Å². The van der Waals surface area contributed by atoms with Crippen LogP contribution in [0.5, 0.6) is 0 Å². The highest BCUT2D eigenvalue weighted by Gasteiger charge is 2.13. The number of rotatable bonds is 2. The largest absolute Gasteiger partial charge is 0.312 e. The molecular weight excluding hydrogens is 312 g/mol. The lowest BCUT2D eigenvalue weighted by molar-refractivity contribution is 0.735. The van der Waals surface area contributed by atoms with Crippen LogP contribution in [0, 0.1) is 0 Å². The van der Waals surface area contributed by atoms with Gasteiger partial charge in [-0.2, -0.15) is 0 Å². The minimum Gasteiger partial charge on any atom is -0.312 e. The number of fused-ring (bicyclic) bond motifs is 1. The van der Waals surface area contributed by atoms with Crippen molar-refractivity contribution < 1.29 is 0 Å². The van der Waals surface area contributed by atoms with Crippen LogP contribution in [-0.2, 0) is 0 Å². The van der Waals surface area contributed by atoms with Crippen LogP contribution in [0.15, 0.2) is 28.1 Å². The number of imidazole rings is 1. The Kier molecular flexibility index (Phi) is 3.41. The molecule has 6 heteroatoms. The molecule has 2 aromatic rings. The standard InChI is InChI=1S/C12H13BrN4S/c1-18-12-11-15-6-10(13)17(11)7-9(16-12)8-3-2-4-14-5-8/h3,6-7,14H,2,4-5H2,1H3. The maximum absolute atomic E-state index is 4.71. The Morgan fingerprint density at radius 1 is 1.50 bits per heavy atom. The molecule has 0 saturated carbocycles. The Balaban J connectivity index is 2.17. The van der Waals surface area contributed by atoms with Crippen LogP contribution < -0.4 is 5.32 Å². The summed E-state index contributed by atoms with van der Waals surface area (Å²) in [5.41, 5.74) is 3.19. The minimum atomic E-state index is 0.888.